The number of hydrogen-bond acceptors (Lipinski definition) is 8. The van der Waals surface area contributed by atoms with Gasteiger partial charge in [-0.25, -0.2) is 9.59 Å². The minimum absolute atomic E-state index is 0.0673. The van der Waals surface area contributed by atoms with Crippen molar-refractivity contribution in [1.29, 1.82) is 0 Å². The number of carbonyl (C=O) groups is 4. The van der Waals surface area contributed by atoms with Gasteiger partial charge in [0, 0.05) is 26.2 Å². The van der Waals surface area contributed by atoms with E-state index >= 15 is 0 Å². The average Bonchev–Trinajstić information content (AvgIpc) is 3.39. The number of alkyl carbamates (subject to hydrolysis) is 1. The molecule has 1 amide bonds. The van der Waals surface area contributed by atoms with Gasteiger partial charge >= 0.3 is 18.0 Å². The van der Waals surface area contributed by atoms with Gasteiger partial charge in [-0.1, -0.05) is 130 Å². The Morgan fingerprint density at radius 1 is 0.860 bits per heavy atom. The maximum absolute atomic E-state index is 13.5. The molecule has 0 heterocycles. The molecular formula is C40H49NO7SSi. The Balaban J connectivity index is 1.34. The zero-order valence-corrected chi connectivity index (χ0v) is 31.5. The van der Waals surface area contributed by atoms with E-state index in [1.165, 1.54) is 11.8 Å². The van der Waals surface area contributed by atoms with Gasteiger partial charge in [-0.3, -0.25) is 9.59 Å². The maximum atomic E-state index is 13.5. The van der Waals surface area contributed by atoms with Crippen molar-refractivity contribution in [2.75, 3.05) is 19.0 Å². The normalized spacial score (nSPS) is 13.7. The Morgan fingerprint density at radius 2 is 1.48 bits per heavy atom. The standard InChI is InChI=1S/C40H49NO7SSi/c1-28(2)38(41-40(45)47-27-35-33-20-11-9-18-31(33)32-19-10-12-21-34(32)35)39(44)48-30(26-36(42)46-22-24-50(3,4)5)17-13-14-23-49-37(43)25-29-15-7-6-8-16-29/h6-13,15-21,28,30,35,38H,14,22-27H2,1-5H3,(H,41,45)/t30-,38+/m1/s1. The monoisotopic (exact) mass is 715 g/mol. The van der Waals surface area contributed by atoms with Crippen LogP contribution in [0.4, 0.5) is 4.79 Å². The van der Waals surface area contributed by atoms with Crippen molar-refractivity contribution in [3.63, 3.8) is 0 Å². The molecule has 0 saturated heterocycles. The van der Waals surface area contributed by atoms with Gasteiger partial charge in [0.2, 0.25) is 0 Å². The molecule has 1 aliphatic carbocycles. The van der Waals surface area contributed by atoms with E-state index in [0.29, 0.717) is 25.2 Å². The first-order valence-corrected chi connectivity index (χ1v) is 21.9. The third kappa shape index (κ3) is 12.0. The molecule has 0 bridgehead atoms. The fraction of sp³-hybridized carbons (Fsp3) is 0.400. The van der Waals surface area contributed by atoms with Gasteiger partial charge in [0.05, 0.1) is 13.0 Å². The Hall–Kier alpha value is -4.15. The second kappa shape index (κ2) is 18.7. The number of hydrogen-bond donors (Lipinski definition) is 1. The van der Waals surface area contributed by atoms with Gasteiger partial charge in [0.25, 0.3) is 0 Å². The maximum Gasteiger partial charge on any atom is 0.407 e. The third-order valence-electron chi connectivity index (χ3n) is 8.38. The summed E-state index contributed by atoms with van der Waals surface area (Å²) in [6, 6.07) is 25.5. The molecule has 0 spiro atoms. The Kier molecular flexibility index (Phi) is 14.5. The van der Waals surface area contributed by atoms with Gasteiger partial charge in [-0.15, -0.1) is 0 Å². The number of amides is 1. The van der Waals surface area contributed by atoms with Crippen molar-refractivity contribution in [3.8, 4) is 11.1 Å². The summed E-state index contributed by atoms with van der Waals surface area (Å²) in [5.41, 5.74) is 5.39. The highest BCUT2D eigenvalue weighted by Gasteiger charge is 2.32. The molecular weight excluding hydrogens is 667 g/mol. The molecule has 2 atom stereocenters. The predicted octanol–water partition coefficient (Wildman–Crippen LogP) is 8.18. The molecule has 1 aliphatic rings. The van der Waals surface area contributed by atoms with Crippen molar-refractivity contribution >= 4 is 43.0 Å². The summed E-state index contributed by atoms with van der Waals surface area (Å²) in [7, 11) is -1.41. The number of ether oxygens (including phenoxy) is 3. The summed E-state index contributed by atoms with van der Waals surface area (Å²) in [5.74, 6) is -1.04. The molecule has 266 valence electrons. The lowest BCUT2D eigenvalue weighted by molar-refractivity contribution is -0.155. The van der Waals surface area contributed by atoms with Crippen LogP contribution in [0.1, 0.15) is 49.3 Å². The number of esters is 2. The summed E-state index contributed by atoms with van der Waals surface area (Å²) in [4.78, 5) is 51.7. The van der Waals surface area contributed by atoms with Crippen LogP contribution in [0.5, 0.6) is 0 Å². The van der Waals surface area contributed by atoms with E-state index in [-0.39, 0.29) is 30.0 Å². The van der Waals surface area contributed by atoms with Gasteiger partial charge in [-0.05, 0) is 52.3 Å². The molecule has 0 unspecified atom stereocenters. The fourth-order valence-corrected chi connectivity index (χ4v) is 7.10. The number of thioether (sulfide) groups is 1. The molecule has 1 N–H and O–H groups in total. The smallest absolute Gasteiger partial charge is 0.407 e. The molecule has 0 fully saturated rings. The summed E-state index contributed by atoms with van der Waals surface area (Å²) >= 11 is 1.24. The van der Waals surface area contributed by atoms with Crippen molar-refractivity contribution in [2.24, 2.45) is 5.92 Å². The first-order chi connectivity index (χ1) is 23.9. The van der Waals surface area contributed by atoms with Crippen molar-refractivity contribution in [2.45, 2.75) is 76.9 Å². The van der Waals surface area contributed by atoms with Crippen LogP contribution < -0.4 is 5.32 Å². The second-order valence-electron chi connectivity index (χ2n) is 14.0. The predicted molar refractivity (Wildman–Crippen MR) is 202 cm³/mol. The summed E-state index contributed by atoms with van der Waals surface area (Å²) < 4.78 is 17.0. The molecule has 10 heteroatoms. The molecule has 0 aliphatic heterocycles. The topological polar surface area (TPSA) is 108 Å². The van der Waals surface area contributed by atoms with Crippen LogP contribution in [0.2, 0.25) is 25.7 Å². The number of rotatable bonds is 17. The second-order valence-corrected chi connectivity index (χ2v) is 20.8. The highest BCUT2D eigenvalue weighted by atomic mass is 32.2. The minimum atomic E-state index is -1.41. The van der Waals surface area contributed by atoms with Crippen molar-refractivity contribution < 1.29 is 33.4 Å². The number of nitrogens with one attached hydrogen (secondary N) is 1. The van der Waals surface area contributed by atoms with E-state index in [9.17, 15) is 19.2 Å². The molecule has 50 heavy (non-hydrogen) atoms. The largest absolute Gasteiger partial charge is 0.466 e. The van der Waals surface area contributed by atoms with Crippen LogP contribution in [0.25, 0.3) is 11.1 Å². The van der Waals surface area contributed by atoms with Gasteiger partial charge in [0.15, 0.2) is 5.12 Å². The van der Waals surface area contributed by atoms with E-state index in [1.807, 2.05) is 66.7 Å². The Morgan fingerprint density at radius 3 is 2.10 bits per heavy atom. The minimum Gasteiger partial charge on any atom is -0.466 e. The van der Waals surface area contributed by atoms with E-state index < -0.39 is 38.3 Å². The number of fused-ring (bicyclic) bond motifs is 3. The first-order valence-electron chi connectivity index (χ1n) is 17.2. The molecule has 4 rings (SSSR count). The quantitative estimate of drug-likeness (QED) is 0.0490. The highest BCUT2D eigenvalue weighted by Crippen LogP contribution is 2.44. The molecule has 0 radical (unpaired) electrons. The van der Waals surface area contributed by atoms with Crippen LogP contribution in [0, 0.1) is 5.92 Å². The van der Waals surface area contributed by atoms with E-state index in [0.717, 1.165) is 33.9 Å². The van der Waals surface area contributed by atoms with Crippen LogP contribution in [-0.4, -0.2) is 62.3 Å². The van der Waals surface area contributed by atoms with E-state index in [1.54, 1.807) is 26.0 Å². The zero-order chi connectivity index (χ0) is 36.1. The Bertz CT molecular complexity index is 1590. The average molecular weight is 716 g/mol. The Labute approximate surface area is 301 Å². The van der Waals surface area contributed by atoms with E-state index in [2.05, 4.69) is 37.1 Å². The van der Waals surface area contributed by atoms with Crippen molar-refractivity contribution in [1.82, 2.24) is 5.32 Å². The first kappa shape index (κ1) is 38.6. The fourth-order valence-electron chi connectivity index (χ4n) is 5.63. The number of benzene rings is 3. The van der Waals surface area contributed by atoms with Crippen LogP contribution in [-0.2, 0) is 35.0 Å². The number of carbonyl (C=O) groups excluding carboxylic acids is 4. The van der Waals surface area contributed by atoms with E-state index in [4.69, 9.17) is 14.2 Å². The molecule has 0 saturated carbocycles. The van der Waals surface area contributed by atoms with Crippen LogP contribution >= 0.6 is 11.8 Å². The SMILES string of the molecule is CC(C)[C@H](NC(=O)OCC1c2ccccc2-c2ccccc21)C(=O)O[C@H](C=CCCSC(=O)Cc1ccccc1)CC(=O)OCC[Si](C)(C)C. The molecule has 3 aromatic rings. The van der Waals surface area contributed by atoms with Gasteiger partial charge < -0.3 is 19.5 Å². The molecule has 0 aromatic heterocycles. The summed E-state index contributed by atoms with van der Waals surface area (Å²) in [5, 5.41) is 2.76. The van der Waals surface area contributed by atoms with Crippen molar-refractivity contribution in [3.05, 3.63) is 108 Å². The highest BCUT2D eigenvalue weighted by molar-refractivity contribution is 8.13. The van der Waals surface area contributed by atoms with Gasteiger partial charge in [-0.2, -0.15) is 0 Å². The summed E-state index contributed by atoms with van der Waals surface area (Å²) in [6.45, 7) is 10.6. The molecule has 3 aromatic carbocycles. The number of allylic oxidation sites excluding steroid dienone is 1. The summed E-state index contributed by atoms with van der Waals surface area (Å²) in [6.07, 6.45) is 2.56. The lowest BCUT2D eigenvalue weighted by Gasteiger charge is -2.24. The van der Waals surface area contributed by atoms with Crippen LogP contribution in [0.3, 0.4) is 0 Å². The van der Waals surface area contributed by atoms with Gasteiger partial charge in [0.1, 0.15) is 18.8 Å². The lowest BCUT2D eigenvalue weighted by Crippen LogP contribution is -2.46. The van der Waals surface area contributed by atoms with Crippen LogP contribution in [0.15, 0.2) is 91.0 Å². The lowest BCUT2D eigenvalue weighted by atomic mass is 9.98. The zero-order valence-electron chi connectivity index (χ0n) is 29.7. The molecule has 8 nitrogen and oxygen atoms in total. The third-order valence-corrected chi connectivity index (χ3v) is 11.0.